The first-order valence-corrected chi connectivity index (χ1v) is 5.63. The number of rotatable bonds is 2. The Morgan fingerprint density at radius 3 is 2.93 bits per heavy atom. The average Bonchev–Trinajstić information content (AvgIpc) is 2.29. The van der Waals surface area contributed by atoms with Gasteiger partial charge in [-0.1, -0.05) is 19.1 Å². The van der Waals surface area contributed by atoms with Crippen molar-refractivity contribution in [2.75, 3.05) is 31.2 Å². The number of hydrogen-bond acceptors (Lipinski definition) is 4. The van der Waals surface area contributed by atoms with E-state index >= 15 is 0 Å². The molecule has 0 spiro atoms. The second kappa shape index (κ2) is 4.72. The molecule has 2 heterocycles. The van der Waals surface area contributed by atoms with E-state index in [1.165, 1.54) is 0 Å². The second-order valence-corrected chi connectivity index (χ2v) is 3.94. The van der Waals surface area contributed by atoms with Crippen LogP contribution < -0.4 is 4.90 Å². The molecule has 1 N–H and O–H groups in total. The number of aromatic nitrogens is 2. The van der Waals surface area contributed by atoms with Gasteiger partial charge < -0.3 is 14.6 Å². The Balaban J connectivity index is 2.26. The molecule has 0 amide bonds. The van der Waals surface area contributed by atoms with Crippen molar-refractivity contribution in [3.05, 3.63) is 16.4 Å². The number of aryl methyl sites for hydroxylation is 1. The molecule has 2 rings (SSSR count). The number of nitrogens with one attached hydrogen (secondary N) is 1. The molecule has 1 aliphatic rings. The van der Waals surface area contributed by atoms with Crippen molar-refractivity contribution < 1.29 is 4.74 Å². The van der Waals surface area contributed by atoms with Crippen molar-refractivity contribution in [2.24, 2.45) is 0 Å². The first kappa shape index (κ1) is 10.6. The zero-order valence-corrected chi connectivity index (χ0v) is 9.64. The van der Waals surface area contributed by atoms with Gasteiger partial charge in [-0.25, -0.2) is 4.98 Å². The molecule has 0 atom stereocenters. The Hall–Kier alpha value is -0.940. The van der Waals surface area contributed by atoms with E-state index in [0.717, 1.165) is 44.4 Å². The van der Waals surface area contributed by atoms with Crippen molar-refractivity contribution in [3.8, 4) is 0 Å². The molecule has 0 unspecified atom stereocenters. The third kappa shape index (κ3) is 2.54. The van der Waals surface area contributed by atoms with E-state index in [0.29, 0.717) is 4.64 Å². The molecule has 4 nitrogen and oxygen atoms in total. The monoisotopic (exact) mass is 225 g/mol. The molecular weight excluding hydrogens is 210 g/mol. The van der Waals surface area contributed by atoms with Gasteiger partial charge in [-0.2, -0.15) is 0 Å². The quantitative estimate of drug-likeness (QED) is 0.775. The van der Waals surface area contributed by atoms with Gasteiger partial charge in [0.2, 0.25) is 5.95 Å². The van der Waals surface area contributed by atoms with Crippen LogP contribution in [0.5, 0.6) is 0 Å². The summed E-state index contributed by atoms with van der Waals surface area (Å²) < 4.78 is 5.96. The van der Waals surface area contributed by atoms with Crippen LogP contribution in [0.1, 0.15) is 12.6 Å². The first-order valence-electron chi connectivity index (χ1n) is 5.22. The molecule has 0 aromatic carbocycles. The largest absolute Gasteiger partial charge is 0.378 e. The molecule has 1 saturated heterocycles. The van der Waals surface area contributed by atoms with Gasteiger partial charge in [0.25, 0.3) is 0 Å². The number of H-pyrrole nitrogens is 1. The summed E-state index contributed by atoms with van der Waals surface area (Å²) >= 11 is 5.13. The van der Waals surface area contributed by atoms with Gasteiger partial charge in [0.05, 0.1) is 13.2 Å². The highest BCUT2D eigenvalue weighted by atomic mass is 32.1. The Bertz CT molecular complexity index is 384. The van der Waals surface area contributed by atoms with E-state index in [2.05, 4.69) is 21.8 Å². The standard InChI is InChI=1S/C10H15N3OS/c1-2-8-7-9(15)12-10(11-8)13-3-5-14-6-4-13/h7H,2-6H2,1H3,(H,11,12,15). The maximum absolute atomic E-state index is 5.30. The van der Waals surface area contributed by atoms with Gasteiger partial charge in [0.1, 0.15) is 4.64 Å². The van der Waals surface area contributed by atoms with E-state index in [9.17, 15) is 0 Å². The number of ether oxygens (including phenoxy) is 1. The summed E-state index contributed by atoms with van der Waals surface area (Å²) in [6, 6.07) is 1.92. The summed E-state index contributed by atoms with van der Waals surface area (Å²) in [4.78, 5) is 9.81. The minimum Gasteiger partial charge on any atom is -0.378 e. The summed E-state index contributed by atoms with van der Waals surface area (Å²) in [7, 11) is 0. The Morgan fingerprint density at radius 1 is 1.53 bits per heavy atom. The number of nitrogens with zero attached hydrogens (tertiary/aromatic N) is 2. The molecule has 0 saturated carbocycles. The van der Waals surface area contributed by atoms with E-state index in [-0.39, 0.29) is 0 Å². The lowest BCUT2D eigenvalue weighted by Gasteiger charge is -2.27. The van der Waals surface area contributed by atoms with Crippen molar-refractivity contribution in [3.63, 3.8) is 0 Å². The van der Waals surface area contributed by atoms with Gasteiger partial charge in [-0.3, -0.25) is 0 Å². The maximum atomic E-state index is 5.30. The van der Waals surface area contributed by atoms with Crippen LogP contribution in [0.15, 0.2) is 6.07 Å². The fraction of sp³-hybridized carbons (Fsp3) is 0.600. The highest BCUT2D eigenvalue weighted by Gasteiger charge is 2.13. The molecule has 1 aromatic heterocycles. The van der Waals surface area contributed by atoms with Gasteiger partial charge in [-0.05, 0) is 12.5 Å². The van der Waals surface area contributed by atoms with E-state index < -0.39 is 0 Å². The van der Waals surface area contributed by atoms with Crippen LogP contribution in [0.25, 0.3) is 0 Å². The van der Waals surface area contributed by atoms with Crippen molar-refractivity contribution in [2.45, 2.75) is 13.3 Å². The fourth-order valence-corrected chi connectivity index (χ4v) is 1.84. The zero-order valence-electron chi connectivity index (χ0n) is 8.82. The molecule has 1 aliphatic heterocycles. The minimum absolute atomic E-state index is 0.659. The molecule has 82 valence electrons. The minimum atomic E-state index is 0.659. The molecule has 15 heavy (non-hydrogen) atoms. The van der Waals surface area contributed by atoms with Crippen LogP contribution >= 0.6 is 12.2 Å². The molecule has 1 fully saturated rings. The number of morpholine rings is 1. The van der Waals surface area contributed by atoms with Crippen LogP contribution in [0.3, 0.4) is 0 Å². The van der Waals surface area contributed by atoms with Crippen LogP contribution in [0.2, 0.25) is 0 Å². The molecule has 1 aromatic rings. The smallest absolute Gasteiger partial charge is 0.204 e. The SMILES string of the molecule is CCc1cc(=S)nc(N2CCOCC2)[nH]1. The van der Waals surface area contributed by atoms with Gasteiger partial charge in [0.15, 0.2) is 0 Å². The lowest BCUT2D eigenvalue weighted by molar-refractivity contribution is 0.122. The molecule has 0 bridgehead atoms. The molecule has 0 aliphatic carbocycles. The van der Waals surface area contributed by atoms with E-state index in [4.69, 9.17) is 17.0 Å². The van der Waals surface area contributed by atoms with Crippen LogP contribution in [0.4, 0.5) is 5.95 Å². The van der Waals surface area contributed by atoms with Crippen molar-refractivity contribution >= 4 is 18.2 Å². The molecule has 5 heteroatoms. The van der Waals surface area contributed by atoms with Crippen molar-refractivity contribution in [1.82, 2.24) is 9.97 Å². The highest BCUT2D eigenvalue weighted by molar-refractivity contribution is 7.71. The first-order chi connectivity index (χ1) is 7.29. The van der Waals surface area contributed by atoms with Gasteiger partial charge >= 0.3 is 0 Å². The Morgan fingerprint density at radius 2 is 2.27 bits per heavy atom. The number of aromatic amines is 1. The summed E-state index contributed by atoms with van der Waals surface area (Å²) in [6.07, 6.45) is 0.948. The van der Waals surface area contributed by atoms with Crippen LogP contribution in [-0.4, -0.2) is 36.3 Å². The van der Waals surface area contributed by atoms with Gasteiger partial charge in [0, 0.05) is 18.8 Å². The lowest BCUT2D eigenvalue weighted by atomic mass is 10.3. The molecule has 0 radical (unpaired) electrons. The molecular formula is C10H15N3OS. The van der Waals surface area contributed by atoms with E-state index in [1.54, 1.807) is 0 Å². The van der Waals surface area contributed by atoms with Crippen molar-refractivity contribution in [1.29, 1.82) is 0 Å². The Labute approximate surface area is 94.3 Å². The summed E-state index contributed by atoms with van der Waals surface area (Å²) in [6.45, 7) is 5.39. The second-order valence-electron chi connectivity index (χ2n) is 3.52. The Kier molecular flexibility index (Phi) is 3.33. The zero-order chi connectivity index (χ0) is 10.7. The third-order valence-corrected chi connectivity index (χ3v) is 2.69. The van der Waals surface area contributed by atoms with Crippen LogP contribution in [-0.2, 0) is 11.2 Å². The predicted octanol–water partition coefficient (Wildman–Crippen LogP) is 1.54. The lowest BCUT2D eigenvalue weighted by Crippen LogP contribution is -2.37. The fourth-order valence-electron chi connectivity index (χ4n) is 1.61. The third-order valence-electron chi connectivity index (χ3n) is 2.48. The number of hydrogen-bond donors (Lipinski definition) is 1. The summed E-state index contributed by atoms with van der Waals surface area (Å²) in [5.41, 5.74) is 1.14. The van der Waals surface area contributed by atoms with E-state index in [1.807, 2.05) is 6.07 Å². The normalized spacial score (nSPS) is 16.7. The topological polar surface area (TPSA) is 41.2 Å². The van der Waals surface area contributed by atoms with Crippen LogP contribution in [0, 0.1) is 4.64 Å². The summed E-state index contributed by atoms with van der Waals surface area (Å²) in [5.74, 6) is 0.877. The number of anilines is 1. The summed E-state index contributed by atoms with van der Waals surface area (Å²) in [5, 5.41) is 0. The van der Waals surface area contributed by atoms with Gasteiger partial charge in [-0.15, -0.1) is 0 Å². The average molecular weight is 225 g/mol. The highest BCUT2D eigenvalue weighted by Crippen LogP contribution is 2.10. The predicted molar refractivity (Wildman–Crippen MR) is 61.8 cm³/mol. The maximum Gasteiger partial charge on any atom is 0.204 e.